The fraction of sp³-hybridized carbons (Fsp3) is 0.391. The van der Waals surface area contributed by atoms with Gasteiger partial charge >= 0.3 is 0 Å². The van der Waals surface area contributed by atoms with Crippen LogP contribution in [0.4, 0.5) is 5.69 Å². The Morgan fingerprint density at radius 3 is 2.39 bits per heavy atom. The van der Waals surface area contributed by atoms with Crippen LogP contribution in [0.3, 0.4) is 0 Å². The van der Waals surface area contributed by atoms with Crippen molar-refractivity contribution in [1.82, 2.24) is 5.32 Å². The first-order valence-electron chi connectivity index (χ1n) is 10.1. The normalized spacial score (nSPS) is 14.3. The van der Waals surface area contributed by atoms with Crippen molar-refractivity contribution in [2.75, 3.05) is 11.9 Å². The van der Waals surface area contributed by atoms with Crippen molar-refractivity contribution in [3.05, 3.63) is 59.7 Å². The molecule has 148 valence electrons. The van der Waals surface area contributed by atoms with Crippen LogP contribution in [0.1, 0.15) is 66.2 Å². The van der Waals surface area contributed by atoms with Crippen LogP contribution in [0.2, 0.25) is 0 Å². The standard InChI is InChI=1S/C23H28N2O3/c1-2-16-28-21-11-7-6-10-20(21)23(27)25-19-14-12-17(13-15-19)22(26)24-18-8-4-3-5-9-18/h6-7,10-15,18H,2-5,8-9,16H2,1H3,(H,24,26)(H,25,27). The average molecular weight is 380 g/mol. The fourth-order valence-electron chi connectivity index (χ4n) is 3.41. The summed E-state index contributed by atoms with van der Waals surface area (Å²) in [7, 11) is 0. The quantitative estimate of drug-likeness (QED) is 0.726. The summed E-state index contributed by atoms with van der Waals surface area (Å²) in [6, 6.07) is 14.5. The lowest BCUT2D eigenvalue weighted by Gasteiger charge is -2.22. The van der Waals surface area contributed by atoms with Gasteiger partial charge in [0.1, 0.15) is 5.75 Å². The Balaban J connectivity index is 1.61. The van der Waals surface area contributed by atoms with Crippen molar-refractivity contribution in [3.63, 3.8) is 0 Å². The number of nitrogens with one attached hydrogen (secondary N) is 2. The second kappa shape index (κ2) is 9.93. The maximum atomic E-state index is 12.6. The average Bonchev–Trinajstić information content (AvgIpc) is 2.73. The van der Waals surface area contributed by atoms with Crippen LogP contribution in [-0.2, 0) is 0 Å². The number of carbonyl (C=O) groups excluding carboxylic acids is 2. The van der Waals surface area contributed by atoms with Crippen LogP contribution < -0.4 is 15.4 Å². The number of ether oxygens (including phenoxy) is 1. The first-order valence-corrected chi connectivity index (χ1v) is 10.1. The Kier molecular flexibility index (Phi) is 7.06. The van der Waals surface area contributed by atoms with Gasteiger partial charge in [-0.2, -0.15) is 0 Å². The van der Waals surface area contributed by atoms with Crippen LogP contribution in [0.25, 0.3) is 0 Å². The van der Waals surface area contributed by atoms with Gasteiger partial charge in [-0.3, -0.25) is 9.59 Å². The van der Waals surface area contributed by atoms with Gasteiger partial charge in [-0.15, -0.1) is 0 Å². The number of carbonyl (C=O) groups is 2. The van der Waals surface area contributed by atoms with E-state index in [4.69, 9.17) is 4.74 Å². The van der Waals surface area contributed by atoms with Gasteiger partial charge in [0.2, 0.25) is 0 Å². The van der Waals surface area contributed by atoms with E-state index in [1.807, 2.05) is 19.1 Å². The number of amides is 2. The number of para-hydroxylation sites is 1. The van der Waals surface area contributed by atoms with E-state index in [9.17, 15) is 9.59 Å². The van der Waals surface area contributed by atoms with Crippen molar-refractivity contribution in [2.24, 2.45) is 0 Å². The zero-order valence-corrected chi connectivity index (χ0v) is 16.4. The van der Waals surface area contributed by atoms with E-state index >= 15 is 0 Å². The lowest BCUT2D eigenvalue weighted by Crippen LogP contribution is -2.36. The third-order valence-corrected chi connectivity index (χ3v) is 4.94. The second-order valence-electron chi connectivity index (χ2n) is 7.18. The molecule has 1 aliphatic rings. The number of hydrogen-bond acceptors (Lipinski definition) is 3. The molecular weight excluding hydrogens is 352 g/mol. The van der Waals surface area contributed by atoms with E-state index < -0.39 is 0 Å². The Bertz CT molecular complexity index is 796. The molecule has 5 nitrogen and oxygen atoms in total. The summed E-state index contributed by atoms with van der Waals surface area (Å²) in [5, 5.41) is 5.98. The van der Waals surface area contributed by atoms with Gasteiger partial charge < -0.3 is 15.4 Å². The van der Waals surface area contributed by atoms with Crippen LogP contribution in [0.15, 0.2) is 48.5 Å². The predicted octanol–water partition coefficient (Wildman–Crippen LogP) is 4.79. The molecule has 1 aliphatic carbocycles. The van der Waals surface area contributed by atoms with Gasteiger partial charge in [-0.25, -0.2) is 0 Å². The number of benzene rings is 2. The number of hydrogen-bond donors (Lipinski definition) is 2. The molecule has 1 saturated carbocycles. The van der Waals surface area contributed by atoms with Crippen molar-refractivity contribution in [3.8, 4) is 5.75 Å². The first-order chi connectivity index (χ1) is 13.7. The monoisotopic (exact) mass is 380 g/mol. The minimum atomic E-state index is -0.230. The maximum absolute atomic E-state index is 12.6. The smallest absolute Gasteiger partial charge is 0.259 e. The highest BCUT2D eigenvalue weighted by atomic mass is 16.5. The summed E-state index contributed by atoms with van der Waals surface area (Å²) in [6.07, 6.45) is 6.60. The summed E-state index contributed by atoms with van der Waals surface area (Å²) < 4.78 is 5.65. The van der Waals surface area contributed by atoms with Crippen LogP contribution in [0, 0.1) is 0 Å². The van der Waals surface area contributed by atoms with Gasteiger partial charge in [0.15, 0.2) is 0 Å². The fourth-order valence-corrected chi connectivity index (χ4v) is 3.41. The molecule has 2 aromatic rings. The molecule has 28 heavy (non-hydrogen) atoms. The van der Waals surface area contributed by atoms with Crippen molar-refractivity contribution >= 4 is 17.5 Å². The van der Waals surface area contributed by atoms with Crippen LogP contribution >= 0.6 is 0 Å². The van der Waals surface area contributed by atoms with E-state index in [0.717, 1.165) is 19.3 Å². The van der Waals surface area contributed by atoms with Crippen molar-refractivity contribution in [2.45, 2.75) is 51.5 Å². The number of anilines is 1. The van der Waals surface area contributed by atoms with Gasteiger partial charge in [0, 0.05) is 17.3 Å². The van der Waals surface area contributed by atoms with Crippen molar-refractivity contribution < 1.29 is 14.3 Å². The maximum Gasteiger partial charge on any atom is 0.259 e. The molecular formula is C23H28N2O3. The highest BCUT2D eigenvalue weighted by Crippen LogP contribution is 2.21. The minimum Gasteiger partial charge on any atom is -0.493 e. The molecule has 0 atom stereocenters. The molecule has 1 fully saturated rings. The SMILES string of the molecule is CCCOc1ccccc1C(=O)Nc1ccc(C(=O)NC2CCCCC2)cc1. The highest BCUT2D eigenvalue weighted by molar-refractivity contribution is 6.06. The molecule has 0 radical (unpaired) electrons. The van der Waals surface area contributed by atoms with E-state index in [0.29, 0.717) is 29.2 Å². The Morgan fingerprint density at radius 2 is 1.68 bits per heavy atom. The summed E-state index contributed by atoms with van der Waals surface area (Å²) in [5.41, 5.74) is 1.75. The second-order valence-corrected chi connectivity index (χ2v) is 7.18. The molecule has 2 aromatic carbocycles. The molecule has 2 amide bonds. The zero-order chi connectivity index (χ0) is 19.8. The first kappa shape index (κ1) is 19.9. The van der Waals surface area contributed by atoms with E-state index in [2.05, 4.69) is 10.6 Å². The molecule has 5 heteroatoms. The molecule has 0 bridgehead atoms. The molecule has 0 aromatic heterocycles. The van der Waals surface area contributed by atoms with Gasteiger partial charge in [0.05, 0.1) is 12.2 Å². The van der Waals surface area contributed by atoms with Gasteiger partial charge in [-0.1, -0.05) is 38.3 Å². The third-order valence-electron chi connectivity index (χ3n) is 4.94. The van der Waals surface area contributed by atoms with Gasteiger partial charge in [-0.05, 0) is 55.7 Å². The molecule has 0 spiro atoms. The van der Waals surface area contributed by atoms with E-state index in [1.165, 1.54) is 19.3 Å². The lowest BCUT2D eigenvalue weighted by molar-refractivity contribution is 0.0927. The van der Waals surface area contributed by atoms with E-state index in [1.54, 1.807) is 36.4 Å². The predicted molar refractivity (Wildman–Crippen MR) is 111 cm³/mol. The number of rotatable bonds is 7. The minimum absolute atomic E-state index is 0.0527. The zero-order valence-electron chi connectivity index (χ0n) is 16.4. The van der Waals surface area contributed by atoms with Crippen molar-refractivity contribution in [1.29, 1.82) is 0 Å². The Morgan fingerprint density at radius 1 is 0.964 bits per heavy atom. The van der Waals surface area contributed by atoms with Crippen LogP contribution in [-0.4, -0.2) is 24.5 Å². The summed E-state index contributed by atoms with van der Waals surface area (Å²) in [5.74, 6) is 0.291. The molecule has 0 heterocycles. The summed E-state index contributed by atoms with van der Waals surface area (Å²) in [6.45, 7) is 2.59. The Labute approximate surface area is 166 Å². The van der Waals surface area contributed by atoms with E-state index in [-0.39, 0.29) is 17.9 Å². The molecule has 0 unspecified atom stereocenters. The lowest BCUT2D eigenvalue weighted by atomic mass is 9.95. The van der Waals surface area contributed by atoms with Gasteiger partial charge in [0.25, 0.3) is 11.8 Å². The molecule has 2 N–H and O–H groups in total. The highest BCUT2D eigenvalue weighted by Gasteiger charge is 2.17. The largest absolute Gasteiger partial charge is 0.493 e. The Hall–Kier alpha value is -2.82. The molecule has 0 aliphatic heterocycles. The molecule has 3 rings (SSSR count). The summed E-state index contributed by atoms with van der Waals surface area (Å²) in [4.78, 5) is 25.0. The molecule has 0 saturated heterocycles. The summed E-state index contributed by atoms with van der Waals surface area (Å²) >= 11 is 0. The third kappa shape index (κ3) is 5.35. The topological polar surface area (TPSA) is 67.4 Å². The van der Waals surface area contributed by atoms with Crippen LogP contribution in [0.5, 0.6) is 5.75 Å².